The summed E-state index contributed by atoms with van der Waals surface area (Å²) >= 11 is 0. The minimum Gasteiger partial charge on any atom is -0.494 e. The number of hydrogen-bond acceptors (Lipinski definition) is 4. The number of nitrogens with zero attached hydrogens (tertiary/aromatic N) is 1. The maximum Gasteiger partial charge on any atom is 0.242 e. The van der Waals surface area contributed by atoms with E-state index in [0.29, 0.717) is 26.3 Å². The van der Waals surface area contributed by atoms with Gasteiger partial charge >= 0.3 is 0 Å². The molecule has 6 heteroatoms. The first-order valence-electron chi connectivity index (χ1n) is 6.50. The standard InChI is InChI=1S/C14H19FN2O3/c1-17(14(18)12-9-20-6-5-16-12)8-10-3-4-13(19-2)11(15)7-10/h3-4,7,12,16H,5-6,8-9H2,1-2H3. The third-order valence-electron chi connectivity index (χ3n) is 3.23. The maximum absolute atomic E-state index is 13.6. The molecule has 5 nitrogen and oxygen atoms in total. The van der Waals surface area contributed by atoms with Gasteiger partial charge in [0, 0.05) is 20.1 Å². The molecule has 0 saturated carbocycles. The van der Waals surface area contributed by atoms with Gasteiger partial charge in [0.2, 0.25) is 5.91 Å². The van der Waals surface area contributed by atoms with Crippen LogP contribution >= 0.6 is 0 Å². The third kappa shape index (κ3) is 3.46. The molecule has 1 amide bonds. The van der Waals surface area contributed by atoms with Crippen molar-refractivity contribution in [3.05, 3.63) is 29.6 Å². The topological polar surface area (TPSA) is 50.8 Å². The fraction of sp³-hybridized carbons (Fsp3) is 0.500. The van der Waals surface area contributed by atoms with Crippen LogP contribution in [0, 0.1) is 5.82 Å². The predicted octanol–water partition coefficient (Wildman–Crippen LogP) is 0.781. The molecule has 1 N–H and O–H groups in total. The van der Waals surface area contributed by atoms with Crippen LogP contribution in [0.3, 0.4) is 0 Å². The molecule has 0 bridgehead atoms. The molecule has 1 saturated heterocycles. The van der Waals surface area contributed by atoms with Gasteiger partial charge in [-0.25, -0.2) is 4.39 Å². The van der Waals surface area contributed by atoms with Gasteiger partial charge in [-0.1, -0.05) is 6.07 Å². The molecule has 110 valence electrons. The summed E-state index contributed by atoms with van der Waals surface area (Å²) in [5.41, 5.74) is 0.718. The molecular weight excluding hydrogens is 263 g/mol. The zero-order valence-electron chi connectivity index (χ0n) is 11.7. The molecule has 1 heterocycles. The quantitative estimate of drug-likeness (QED) is 0.887. The van der Waals surface area contributed by atoms with E-state index in [9.17, 15) is 9.18 Å². The van der Waals surface area contributed by atoms with E-state index in [1.165, 1.54) is 13.2 Å². The molecule has 20 heavy (non-hydrogen) atoms. The monoisotopic (exact) mass is 282 g/mol. The number of amides is 1. The molecule has 1 aliphatic heterocycles. The number of likely N-dealkylation sites (N-methyl/N-ethyl adjacent to an activating group) is 1. The lowest BCUT2D eigenvalue weighted by Crippen LogP contribution is -2.51. The SMILES string of the molecule is COc1ccc(CN(C)C(=O)C2COCCN2)cc1F. The average molecular weight is 282 g/mol. The summed E-state index contributed by atoms with van der Waals surface area (Å²) < 4.78 is 23.7. The van der Waals surface area contributed by atoms with Gasteiger partial charge in [-0.3, -0.25) is 4.79 Å². The van der Waals surface area contributed by atoms with Crippen LogP contribution in [0.15, 0.2) is 18.2 Å². The van der Waals surface area contributed by atoms with Gasteiger partial charge in [-0.2, -0.15) is 0 Å². The number of morpholine rings is 1. The number of hydrogen-bond donors (Lipinski definition) is 1. The van der Waals surface area contributed by atoms with Gasteiger partial charge < -0.3 is 19.7 Å². The second kappa shape index (κ2) is 6.67. The summed E-state index contributed by atoms with van der Waals surface area (Å²) in [5, 5.41) is 3.10. The van der Waals surface area contributed by atoms with Crippen molar-refractivity contribution in [1.29, 1.82) is 0 Å². The van der Waals surface area contributed by atoms with Crippen LogP contribution in [0.5, 0.6) is 5.75 Å². The fourth-order valence-corrected chi connectivity index (χ4v) is 2.15. The first kappa shape index (κ1) is 14.7. The van der Waals surface area contributed by atoms with E-state index in [4.69, 9.17) is 9.47 Å². The molecule has 0 radical (unpaired) electrons. The van der Waals surface area contributed by atoms with Crippen LogP contribution in [0.4, 0.5) is 4.39 Å². The Labute approximate surface area is 117 Å². The Kier molecular flexibility index (Phi) is 4.92. The van der Waals surface area contributed by atoms with Crippen molar-refractivity contribution in [2.45, 2.75) is 12.6 Å². The zero-order valence-corrected chi connectivity index (χ0v) is 11.7. The normalized spacial score (nSPS) is 18.6. The smallest absolute Gasteiger partial charge is 0.242 e. The highest BCUT2D eigenvalue weighted by Gasteiger charge is 2.24. The number of nitrogens with one attached hydrogen (secondary N) is 1. The molecule has 0 aromatic heterocycles. The molecule has 1 unspecified atom stereocenters. The van der Waals surface area contributed by atoms with Crippen molar-refractivity contribution in [1.82, 2.24) is 10.2 Å². The van der Waals surface area contributed by atoms with Crippen LogP contribution in [0.1, 0.15) is 5.56 Å². The largest absolute Gasteiger partial charge is 0.494 e. The summed E-state index contributed by atoms with van der Waals surface area (Å²) in [6.45, 7) is 2.01. The highest BCUT2D eigenvalue weighted by Crippen LogP contribution is 2.18. The van der Waals surface area contributed by atoms with E-state index in [-0.39, 0.29) is 17.7 Å². The second-order valence-electron chi connectivity index (χ2n) is 4.74. The van der Waals surface area contributed by atoms with Gasteiger partial charge in [0.15, 0.2) is 11.6 Å². The summed E-state index contributed by atoms with van der Waals surface area (Å²) in [5.74, 6) is -0.282. The maximum atomic E-state index is 13.6. The van der Waals surface area contributed by atoms with Crippen molar-refractivity contribution in [2.75, 3.05) is 33.9 Å². The van der Waals surface area contributed by atoms with Gasteiger partial charge in [0.05, 0.1) is 20.3 Å². The lowest BCUT2D eigenvalue weighted by molar-refractivity contribution is -0.135. The van der Waals surface area contributed by atoms with Crippen molar-refractivity contribution in [3.8, 4) is 5.75 Å². The molecule has 1 aromatic carbocycles. The highest BCUT2D eigenvalue weighted by molar-refractivity contribution is 5.81. The van der Waals surface area contributed by atoms with E-state index in [0.717, 1.165) is 5.56 Å². The van der Waals surface area contributed by atoms with Crippen LogP contribution in [-0.4, -0.2) is 50.8 Å². The van der Waals surface area contributed by atoms with Gasteiger partial charge in [0.1, 0.15) is 6.04 Å². The van der Waals surface area contributed by atoms with Gasteiger partial charge in [-0.15, -0.1) is 0 Å². The van der Waals surface area contributed by atoms with Crippen molar-refractivity contribution >= 4 is 5.91 Å². The Bertz CT molecular complexity index is 475. The zero-order chi connectivity index (χ0) is 14.5. The molecule has 1 aromatic rings. The van der Waals surface area contributed by atoms with E-state index in [1.54, 1.807) is 24.1 Å². The summed E-state index contributed by atoms with van der Waals surface area (Å²) in [6, 6.07) is 4.37. The molecule has 1 fully saturated rings. The Morgan fingerprint density at radius 3 is 3.00 bits per heavy atom. The fourth-order valence-electron chi connectivity index (χ4n) is 2.15. The number of halogens is 1. The van der Waals surface area contributed by atoms with E-state index < -0.39 is 5.82 Å². The Hall–Kier alpha value is -1.66. The Morgan fingerprint density at radius 2 is 2.40 bits per heavy atom. The number of rotatable bonds is 4. The summed E-state index contributed by atoms with van der Waals surface area (Å²) in [7, 11) is 3.11. The number of carbonyl (C=O) groups is 1. The minimum absolute atomic E-state index is 0.0547. The number of ether oxygens (including phenoxy) is 2. The van der Waals surface area contributed by atoms with Gasteiger partial charge in [0.25, 0.3) is 0 Å². The number of carbonyl (C=O) groups excluding carboxylic acids is 1. The Morgan fingerprint density at radius 1 is 1.60 bits per heavy atom. The van der Waals surface area contributed by atoms with Gasteiger partial charge in [-0.05, 0) is 17.7 Å². The van der Waals surface area contributed by atoms with E-state index in [2.05, 4.69) is 5.32 Å². The number of methoxy groups -OCH3 is 1. The van der Waals surface area contributed by atoms with Crippen LogP contribution < -0.4 is 10.1 Å². The summed E-state index contributed by atoms with van der Waals surface area (Å²) in [6.07, 6.45) is 0. The first-order valence-corrected chi connectivity index (χ1v) is 6.50. The predicted molar refractivity (Wildman–Crippen MR) is 72.0 cm³/mol. The minimum atomic E-state index is -0.426. The van der Waals surface area contributed by atoms with Crippen LogP contribution in [0.25, 0.3) is 0 Å². The molecule has 0 spiro atoms. The second-order valence-corrected chi connectivity index (χ2v) is 4.74. The van der Waals surface area contributed by atoms with Crippen molar-refractivity contribution in [3.63, 3.8) is 0 Å². The first-order chi connectivity index (χ1) is 9.61. The molecule has 0 aliphatic carbocycles. The van der Waals surface area contributed by atoms with Crippen molar-refractivity contribution in [2.24, 2.45) is 0 Å². The Balaban J connectivity index is 1.98. The molecule has 2 rings (SSSR count). The molecule has 1 aliphatic rings. The van der Waals surface area contributed by atoms with Crippen molar-refractivity contribution < 1.29 is 18.7 Å². The number of benzene rings is 1. The summed E-state index contributed by atoms with van der Waals surface area (Å²) in [4.78, 5) is 13.7. The molecular formula is C14H19FN2O3. The average Bonchev–Trinajstić information content (AvgIpc) is 2.47. The highest BCUT2D eigenvalue weighted by atomic mass is 19.1. The third-order valence-corrected chi connectivity index (χ3v) is 3.23. The van der Waals surface area contributed by atoms with Crippen LogP contribution in [-0.2, 0) is 16.1 Å². The van der Waals surface area contributed by atoms with E-state index in [1.807, 2.05) is 0 Å². The lowest BCUT2D eigenvalue weighted by Gasteiger charge is -2.27. The van der Waals surface area contributed by atoms with E-state index >= 15 is 0 Å². The lowest BCUT2D eigenvalue weighted by atomic mass is 10.1. The van der Waals surface area contributed by atoms with Crippen LogP contribution in [0.2, 0.25) is 0 Å². The molecule has 1 atom stereocenters.